The zero-order chi connectivity index (χ0) is 29.3. The van der Waals surface area contributed by atoms with Crippen LogP contribution >= 0.6 is 0 Å². The molecule has 0 amide bonds. The molecule has 214 valence electrons. The van der Waals surface area contributed by atoms with Gasteiger partial charge in [0.2, 0.25) is 0 Å². The molecule has 0 fully saturated rings. The molecule has 4 atom stereocenters. The number of carbonyl (C=O) groups is 2. The van der Waals surface area contributed by atoms with E-state index in [1.165, 1.54) is 0 Å². The minimum Gasteiger partial charge on any atom is -0.478 e. The van der Waals surface area contributed by atoms with E-state index in [0.717, 1.165) is 25.7 Å². The van der Waals surface area contributed by atoms with Gasteiger partial charge in [0, 0.05) is 0 Å². The number of benzene rings is 2. The quantitative estimate of drug-likeness (QED) is 0.230. The van der Waals surface area contributed by atoms with Crippen LogP contribution in [-0.2, 0) is 0 Å². The van der Waals surface area contributed by atoms with Gasteiger partial charge in [-0.2, -0.15) is 0 Å². The van der Waals surface area contributed by atoms with Crippen LogP contribution in [-0.4, -0.2) is 44.6 Å². The smallest absolute Gasteiger partial charge is 0.335 e. The predicted molar refractivity (Wildman–Crippen MR) is 154 cm³/mol. The fourth-order valence-electron chi connectivity index (χ4n) is 4.16. The van der Waals surface area contributed by atoms with Gasteiger partial charge in [-0.05, 0) is 73.6 Å². The Labute approximate surface area is 229 Å². The highest BCUT2D eigenvalue weighted by Gasteiger charge is 2.32. The predicted octanol–water partition coefficient (Wildman–Crippen LogP) is 7.26. The van der Waals surface area contributed by atoms with E-state index in [1.807, 2.05) is 6.92 Å². The maximum Gasteiger partial charge on any atom is 0.335 e. The van der Waals surface area contributed by atoms with Crippen molar-refractivity contribution in [3.05, 3.63) is 71.8 Å². The van der Waals surface area contributed by atoms with E-state index in [2.05, 4.69) is 41.5 Å². The summed E-state index contributed by atoms with van der Waals surface area (Å²) >= 11 is 0. The highest BCUT2D eigenvalue weighted by atomic mass is 16.4. The standard InChI is InChI=1S/C18H38O2.2C7H6O2/c1-12(2)8-10-16(15(7)19)17(11-9-13(3)4)18(20)14(5)6;2*8-7(9)6-4-2-1-3-5-6/h12-20H,8-11H2,1-7H3;2*1-5H,(H,8,9). The second kappa shape index (κ2) is 19.4. The first-order valence-electron chi connectivity index (χ1n) is 13.7. The van der Waals surface area contributed by atoms with Crippen LogP contribution < -0.4 is 0 Å². The van der Waals surface area contributed by atoms with Gasteiger partial charge in [-0.1, -0.05) is 90.8 Å². The van der Waals surface area contributed by atoms with Gasteiger partial charge in [-0.15, -0.1) is 0 Å². The third-order valence-electron chi connectivity index (χ3n) is 6.49. The van der Waals surface area contributed by atoms with Gasteiger partial charge in [0.15, 0.2) is 0 Å². The number of aliphatic hydroxyl groups excluding tert-OH is 2. The summed E-state index contributed by atoms with van der Waals surface area (Å²) in [7, 11) is 0. The molecule has 0 aromatic heterocycles. The summed E-state index contributed by atoms with van der Waals surface area (Å²) in [6.07, 6.45) is 3.64. The summed E-state index contributed by atoms with van der Waals surface area (Å²) in [6.45, 7) is 14.9. The van der Waals surface area contributed by atoms with Crippen molar-refractivity contribution < 1.29 is 30.0 Å². The lowest BCUT2D eigenvalue weighted by Gasteiger charge is -2.35. The number of rotatable bonds is 12. The van der Waals surface area contributed by atoms with Crippen LogP contribution in [0.5, 0.6) is 0 Å². The average molecular weight is 531 g/mol. The Hall–Kier alpha value is -2.70. The molecule has 0 saturated heterocycles. The molecule has 0 aliphatic rings. The molecule has 0 radical (unpaired) electrons. The molecule has 2 aromatic carbocycles. The van der Waals surface area contributed by atoms with Gasteiger partial charge in [0.25, 0.3) is 0 Å². The molecule has 2 aromatic rings. The molecule has 6 heteroatoms. The zero-order valence-corrected chi connectivity index (χ0v) is 24.2. The van der Waals surface area contributed by atoms with E-state index in [-0.39, 0.29) is 30.0 Å². The Balaban J connectivity index is 0.000000620. The summed E-state index contributed by atoms with van der Waals surface area (Å²) < 4.78 is 0. The van der Waals surface area contributed by atoms with Crippen molar-refractivity contribution in [2.75, 3.05) is 0 Å². The Morgan fingerprint density at radius 2 is 0.921 bits per heavy atom. The first kappa shape index (κ1) is 35.3. The Morgan fingerprint density at radius 3 is 1.16 bits per heavy atom. The summed E-state index contributed by atoms with van der Waals surface area (Å²) in [4.78, 5) is 20.4. The van der Waals surface area contributed by atoms with E-state index in [9.17, 15) is 19.8 Å². The lowest BCUT2D eigenvalue weighted by Crippen LogP contribution is -2.37. The molecular weight excluding hydrogens is 480 g/mol. The molecule has 0 heterocycles. The minimum absolute atomic E-state index is 0.216. The van der Waals surface area contributed by atoms with Crippen LogP contribution in [0.4, 0.5) is 0 Å². The molecule has 0 saturated carbocycles. The normalized spacial score (nSPS) is 14.0. The fraction of sp³-hybridized carbons (Fsp3) is 0.562. The number of hydrogen-bond acceptors (Lipinski definition) is 4. The maximum absolute atomic E-state index is 10.6. The molecule has 2 rings (SSSR count). The van der Waals surface area contributed by atoms with Gasteiger partial charge in [-0.25, -0.2) is 9.59 Å². The maximum atomic E-state index is 10.6. The summed E-state index contributed by atoms with van der Waals surface area (Å²) in [5.41, 5.74) is 0.662. The monoisotopic (exact) mass is 530 g/mol. The number of carboxylic acid groups (broad SMARTS) is 2. The molecule has 4 unspecified atom stereocenters. The third-order valence-corrected chi connectivity index (χ3v) is 6.49. The van der Waals surface area contributed by atoms with Crippen LogP contribution in [0.1, 0.15) is 94.9 Å². The van der Waals surface area contributed by atoms with Crippen molar-refractivity contribution in [1.82, 2.24) is 0 Å². The number of carboxylic acids is 2. The van der Waals surface area contributed by atoms with E-state index >= 15 is 0 Å². The Kier molecular flexibility index (Phi) is 18.0. The first-order valence-corrected chi connectivity index (χ1v) is 13.7. The van der Waals surface area contributed by atoms with Crippen LogP contribution in [0, 0.1) is 29.6 Å². The van der Waals surface area contributed by atoms with E-state index in [0.29, 0.717) is 23.0 Å². The molecular formula is C32H50O6. The second-order valence-electron chi connectivity index (χ2n) is 11.1. The molecule has 4 N–H and O–H groups in total. The fourth-order valence-corrected chi connectivity index (χ4v) is 4.16. The second-order valence-corrected chi connectivity index (χ2v) is 11.1. The minimum atomic E-state index is -0.879. The van der Waals surface area contributed by atoms with E-state index in [4.69, 9.17) is 10.2 Å². The van der Waals surface area contributed by atoms with Gasteiger partial charge < -0.3 is 20.4 Å². The Morgan fingerprint density at radius 1 is 0.579 bits per heavy atom. The van der Waals surface area contributed by atoms with Crippen molar-refractivity contribution in [3.63, 3.8) is 0 Å². The molecule has 38 heavy (non-hydrogen) atoms. The van der Waals surface area contributed by atoms with Gasteiger partial charge in [0.05, 0.1) is 23.3 Å². The van der Waals surface area contributed by atoms with Crippen molar-refractivity contribution >= 4 is 11.9 Å². The van der Waals surface area contributed by atoms with Gasteiger partial charge >= 0.3 is 11.9 Å². The van der Waals surface area contributed by atoms with Crippen LogP contribution in [0.15, 0.2) is 60.7 Å². The van der Waals surface area contributed by atoms with E-state index < -0.39 is 11.9 Å². The number of aliphatic hydroxyl groups is 2. The summed E-state index contributed by atoms with van der Waals surface area (Å²) in [5, 5.41) is 37.5. The van der Waals surface area contributed by atoms with Gasteiger partial charge in [0.1, 0.15) is 0 Å². The Bertz CT molecular complexity index is 828. The number of hydrogen-bond donors (Lipinski definition) is 4. The highest BCUT2D eigenvalue weighted by molar-refractivity contribution is 5.87. The lowest BCUT2D eigenvalue weighted by molar-refractivity contribution is -0.0182. The summed E-state index contributed by atoms with van der Waals surface area (Å²) in [5.74, 6) is 0.234. The molecule has 0 aliphatic carbocycles. The average Bonchev–Trinajstić information content (AvgIpc) is 2.86. The molecule has 0 bridgehead atoms. The SMILES string of the molecule is CC(C)CCC(C(C)O)C(CCC(C)C)C(O)C(C)C.O=C(O)c1ccccc1.O=C(O)c1ccccc1. The molecule has 0 spiro atoms. The van der Waals surface area contributed by atoms with Crippen LogP contribution in [0.3, 0.4) is 0 Å². The van der Waals surface area contributed by atoms with Crippen LogP contribution in [0.25, 0.3) is 0 Å². The largest absolute Gasteiger partial charge is 0.478 e. The van der Waals surface area contributed by atoms with Crippen molar-refractivity contribution in [1.29, 1.82) is 0 Å². The molecule has 0 aliphatic heterocycles. The third kappa shape index (κ3) is 15.5. The van der Waals surface area contributed by atoms with Gasteiger partial charge in [-0.3, -0.25) is 0 Å². The van der Waals surface area contributed by atoms with Crippen molar-refractivity contribution in [3.8, 4) is 0 Å². The lowest BCUT2D eigenvalue weighted by atomic mass is 9.74. The highest BCUT2D eigenvalue weighted by Crippen LogP contribution is 2.33. The topological polar surface area (TPSA) is 115 Å². The molecule has 6 nitrogen and oxygen atoms in total. The van der Waals surface area contributed by atoms with Crippen LogP contribution in [0.2, 0.25) is 0 Å². The van der Waals surface area contributed by atoms with Crippen molar-refractivity contribution in [2.45, 2.75) is 86.4 Å². The number of aromatic carboxylic acids is 2. The van der Waals surface area contributed by atoms with E-state index in [1.54, 1.807) is 60.7 Å². The summed E-state index contributed by atoms with van der Waals surface area (Å²) in [6, 6.07) is 16.6. The zero-order valence-electron chi connectivity index (χ0n) is 24.2. The first-order chi connectivity index (χ1) is 17.8. The van der Waals surface area contributed by atoms with Crippen molar-refractivity contribution in [2.24, 2.45) is 29.6 Å².